The molecule has 1 saturated heterocycles. The maximum Gasteiger partial charge on any atom is 0.257 e. The maximum atomic E-state index is 13.2. The van der Waals surface area contributed by atoms with E-state index >= 15 is 0 Å². The zero-order valence-corrected chi connectivity index (χ0v) is 18.0. The van der Waals surface area contributed by atoms with Crippen molar-refractivity contribution >= 4 is 27.5 Å². The molecule has 0 aliphatic carbocycles. The summed E-state index contributed by atoms with van der Waals surface area (Å²) in [5.74, 6) is -0.117. The number of benzene rings is 1. The number of amides is 2. The molecule has 1 fully saturated rings. The van der Waals surface area contributed by atoms with Crippen molar-refractivity contribution in [3.63, 3.8) is 0 Å². The van der Waals surface area contributed by atoms with Crippen LogP contribution in [0.2, 0.25) is 0 Å². The van der Waals surface area contributed by atoms with Crippen molar-refractivity contribution in [3.05, 3.63) is 41.2 Å². The van der Waals surface area contributed by atoms with E-state index in [1.54, 1.807) is 23.2 Å². The lowest BCUT2D eigenvalue weighted by Gasteiger charge is -2.34. The summed E-state index contributed by atoms with van der Waals surface area (Å²) in [6.07, 6.45) is 5.53. The van der Waals surface area contributed by atoms with Crippen molar-refractivity contribution in [1.29, 1.82) is 0 Å². The van der Waals surface area contributed by atoms with E-state index in [0.717, 1.165) is 37.1 Å². The highest BCUT2D eigenvalue weighted by molar-refractivity contribution is 7.89. The van der Waals surface area contributed by atoms with Crippen molar-refractivity contribution in [2.24, 2.45) is 0 Å². The summed E-state index contributed by atoms with van der Waals surface area (Å²) in [7, 11) is -3.66. The molecule has 4 heterocycles. The number of sulfonamides is 1. The number of carbonyl (C=O) groups is 2. The van der Waals surface area contributed by atoms with Crippen LogP contribution in [-0.2, 0) is 34.2 Å². The predicted octanol–water partition coefficient (Wildman–Crippen LogP) is 1.25. The van der Waals surface area contributed by atoms with E-state index in [1.807, 2.05) is 4.68 Å². The lowest BCUT2D eigenvalue weighted by Crippen LogP contribution is -2.50. The quantitative estimate of drug-likeness (QED) is 0.769. The van der Waals surface area contributed by atoms with Gasteiger partial charge in [0.1, 0.15) is 0 Å². The Kier molecular flexibility index (Phi) is 5.05. The molecule has 2 aromatic rings. The second-order valence-corrected chi connectivity index (χ2v) is 10.2. The molecule has 1 aromatic carbocycles. The molecule has 1 aromatic heterocycles. The van der Waals surface area contributed by atoms with E-state index in [2.05, 4.69) is 10.4 Å². The molecule has 3 aliphatic rings. The van der Waals surface area contributed by atoms with Gasteiger partial charge < -0.3 is 10.2 Å². The molecule has 5 rings (SSSR count). The summed E-state index contributed by atoms with van der Waals surface area (Å²) in [5, 5.41) is 7.12. The molecule has 2 amide bonds. The van der Waals surface area contributed by atoms with Gasteiger partial charge in [-0.1, -0.05) is 0 Å². The minimum atomic E-state index is -3.66. The maximum absolute atomic E-state index is 13.2. The van der Waals surface area contributed by atoms with Gasteiger partial charge in [-0.25, -0.2) is 8.42 Å². The largest absolute Gasteiger partial charge is 0.336 e. The van der Waals surface area contributed by atoms with Gasteiger partial charge in [-0.05, 0) is 49.4 Å². The van der Waals surface area contributed by atoms with Gasteiger partial charge in [-0.2, -0.15) is 9.40 Å². The van der Waals surface area contributed by atoms with Gasteiger partial charge in [0.15, 0.2) is 0 Å². The fraction of sp³-hybridized carbons (Fsp3) is 0.476. The van der Waals surface area contributed by atoms with E-state index in [-0.39, 0.29) is 29.8 Å². The Hall–Kier alpha value is -2.72. The third-order valence-corrected chi connectivity index (χ3v) is 8.24. The first-order valence-electron chi connectivity index (χ1n) is 10.7. The van der Waals surface area contributed by atoms with Crippen LogP contribution in [-0.4, -0.2) is 65.4 Å². The van der Waals surface area contributed by atoms with Gasteiger partial charge in [0, 0.05) is 44.8 Å². The number of hydrogen-bond acceptors (Lipinski definition) is 5. The van der Waals surface area contributed by atoms with Crippen molar-refractivity contribution in [2.75, 3.05) is 31.5 Å². The minimum absolute atomic E-state index is 0.0522. The molecule has 1 N–H and O–H groups in total. The molecular formula is C21H25N5O4S. The van der Waals surface area contributed by atoms with E-state index in [0.29, 0.717) is 37.2 Å². The van der Waals surface area contributed by atoms with Crippen LogP contribution in [0.5, 0.6) is 0 Å². The fourth-order valence-corrected chi connectivity index (χ4v) is 6.04. The number of anilines is 1. The van der Waals surface area contributed by atoms with Gasteiger partial charge in [-0.15, -0.1) is 0 Å². The monoisotopic (exact) mass is 443 g/mol. The van der Waals surface area contributed by atoms with Crippen LogP contribution in [0.3, 0.4) is 0 Å². The second-order valence-electron chi connectivity index (χ2n) is 8.25. The molecule has 0 bridgehead atoms. The highest BCUT2D eigenvalue weighted by Crippen LogP contribution is 2.28. The Bertz CT molecular complexity index is 1150. The molecule has 0 radical (unpaired) electrons. The number of piperazine rings is 1. The minimum Gasteiger partial charge on any atom is -0.336 e. The van der Waals surface area contributed by atoms with Crippen LogP contribution in [0, 0.1) is 0 Å². The first-order chi connectivity index (χ1) is 14.9. The molecular weight excluding hydrogens is 418 g/mol. The zero-order chi connectivity index (χ0) is 21.6. The molecule has 0 atom stereocenters. The number of hydrogen-bond donors (Lipinski definition) is 1. The summed E-state index contributed by atoms with van der Waals surface area (Å²) in [5.41, 5.74) is 3.15. The number of nitrogens with zero attached hydrogens (tertiary/aromatic N) is 4. The highest BCUT2D eigenvalue weighted by atomic mass is 32.2. The Morgan fingerprint density at radius 3 is 2.61 bits per heavy atom. The predicted molar refractivity (Wildman–Crippen MR) is 113 cm³/mol. The number of aryl methyl sites for hydroxylation is 2. The molecule has 10 heteroatoms. The Morgan fingerprint density at radius 1 is 1.00 bits per heavy atom. The average molecular weight is 444 g/mol. The second kappa shape index (κ2) is 7.76. The van der Waals surface area contributed by atoms with Crippen LogP contribution in [0.25, 0.3) is 0 Å². The summed E-state index contributed by atoms with van der Waals surface area (Å²) in [4.78, 5) is 26.5. The van der Waals surface area contributed by atoms with Crippen LogP contribution < -0.4 is 5.32 Å². The van der Waals surface area contributed by atoms with Crippen LogP contribution in [0.1, 0.15) is 40.9 Å². The number of nitrogens with one attached hydrogen (secondary N) is 1. The van der Waals surface area contributed by atoms with Crippen molar-refractivity contribution < 1.29 is 18.0 Å². The van der Waals surface area contributed by atoms with E-state index in [4.69, 9.17) is 0 Å². The SMILES string of the molecule is O=C1CCc2cc(S(=O)(=O)N3CCN(C(=O)c4cnn5c4CCCC5)CC3)ccc2N1. The number of carbonyl (C=O) groups excluding carboxylic acids is 2. The van der Waals surface area contributed by atoms with Gasteiger partial charge >= 0.3 is 0 Å². The Balaban J connectivity index is 1.28. The molecule has 0 spiro atoms. The molecule has 0 unspecified atom stereocenters. The van der Waals surface area contributed by atoms with E-state index < -0.39 is 10.0 Å². The van der Waals surface area contributed by atoms with Crippen LogP contribution >= 0.6 is 0 Å². The van der Waals surface area contributed by atoms with Crippen LogP contribution in [0.15, 0.2) is 29.3 Å². The number of rotatable bonds is 3. The normalized spacial score (nSPS) is 19.5. The molecule has 0 saturated carbocycles. The van der Waals surface area contributed by atoms with Gasteiger partial charge in [0.05, 0.1) is 22.3 Å². The van der Waals surface area contributed by atoms with Crippen molar-refractivity contribution in [1.82, 2.24) is 19.0 Å². The lowest BCUT2D eigenvalue weighted by atomic mass is 10.0. The Labute approximate surface area is 181 Å². The van der Waals surface area contributed by atoms with E-state index in [9.17, 15) is 18.0 Å². The third-order valence-electron chi connectivity index (χ3n) is 6.35. The third kappa shape index (κ3) is 3.63. The first-order valence-corrected chi connectivity index (χ1v) is 12.1. The fourth-order valence-electron chi connectivity index (χ4n) is 4.57. The average Bonchev–Trinajstić information content (AvgIpc) is 3.22. The van der Waals surface area contributed by atoms with Crippen LogP contribution in [0.4, 0.5) is 5.69 Å². The molecule has 9 nitrogen and oxygen atoms in total. The summed E-state index contributed by atoms with van der Waals surface area (Å²) >= 11 is 0. The standard InChI is InChI=1S/C21H25N5O4S/c27-20-7-4-15-13-16(5-6-18(15)23-20)31(29,30)25-11-9-24(10-12-25)21(28)17-14-22-26-8-2-1-3-19(17)26/h5-6,13-14H,1-4,7-12H2,(H,23,27). The molecule has 3 aliphatic heterocycles. The number of fused-ring (bicyclic) bond motifs is 2. The Morgan fingerprint density at radius 2 is 1.81 bits per heavy atom. The molecule has 31 heavy (non-hydrogen) atoms. The van der Waals surface area contributed by atoms with Crippen molar-refractivity contribution in [3.8, 4) is 0 Å². The summed E-state index contributed by atoms with van der Waals surface area (Å²) < 4.78 is 29.7. The lowest BCUT2D eigenvalue weighted by molar-refractivity contribution is -0.116. The van der Waals surface area contributed by atoms with E-state index in [1.165, 1.54) is 10.4 Å². The topological polar surface area (TPSA) is 105 Å². The number of aromatic nitrogens is 2. The van der Waals surface area contributed by atoms with Gasteiger partial charge in [0.2, 0.25) is 15.9 Å². The van der Waals surface area contributed by atoms with Gasteiger partial charge in [0.25, 0.3) is 5.91 Å². The van der Waals surface area contributed by atoms with Crippen molar-refractivity contribution in [2.45, 2.75) is 43.5 Å². The highest BCUT2D eigenvalue weighted by Gasteiger charge is 2.32. The van der Waals surface area contributed by atoms with Gasteiger partial charge in [-0.3, -0.25) is 14.3 Å². The summed E-state index contributed by atoms with van der Waals surface area (Å²) in [6, 6.07) is 4.85. The summed E-state index contributed by atoms with van der Waals surface area (Å²) in [6.45, 7) is 2.06. The first kappa shape index (κ1) is 20.2. The smallest absolute Gasteiger partial charge is 0.257 e. The zero-order valence-electron chi connectivity index (χ0n) is 17.2. The molecule has 164 valence electrons.